The first-order valence-corrected chi connectivity index (χ1v) is 11.1. The van der Waals surface area contributed by atoms with Gasteiger partial charge in [0, 0.05) is 17.8 Å². The molecule has 2 aromatic carbocycles. The molecule has 8 heteroatoms. The summed E-state index contributed by atoms with van der Waals surface area (Å²) in [5.74, 6) is 0.549. The third-order valence-electron chi connectivity index (χ3n) is 5.71. The monoisotopic (exact) mass is 444 g/mol. The molecule has 0 saturated heterocycles. The van der Waals surface area contributed by atoms with Crippen LogP contribution in [0.4, 0.5) is 0 Å². The van der Waals surface area contributed by atoms with Crippen molar-refractivity contribution >= 4 is 18.1 Å². The van der Waals surface area contributed by atoms with E-state index in [0.717, 1.165) is 35.5 Å². The number of aryl methyl sites for hydroxylation is 2. The van der Waals surface area contributed by atoms with Gasteiger partial charge in [0.2, 0.25) is 0 Å². The normalized spacial score (nSPS) is 13.3. The Labute approximate surface area is 191 Å². The Bertz CT molecular complexity index is 1350. The second-order valence-electron chi connectivity index (χ2n) is 8.22. The van der Waals surface area contributed by atoms with E-state index in [4.69, 9.17) is 17.3 Å². The number of nitrogens with one attached hydrogen (secondary N) is 2. The van der Waals surface area contributed by atoms with E-state index in [1.165, 1.54) is 5.56 Å². The summed E-state index contributed by atoms with van der Waals surface area (Å²) in [5.41, 5.74) is 5.26. The largest absolute Gasteiger partial charge is 0.345 e. The van der Waals surface area contributed by atoms with Crippen LogP contribution in [0.25, 0.3) is 16.9 Å². The SMILES string of the molecule is Cc1ccc(-c2nn(-c3ccccc3)cc2C(=O)NCc2n[nH]c(=S)n2C2CC2)c(C)c1. The van der Waals surface area contributed by atoms with Crippen LogP contribution in [0.2, 0.25) is 0 Å². The fourth-order valence-corrected chi connectivity index (χ4v) is 4.26. The lowest BCUT2D eigenvalue weighted by atomic mass is 10.0. The summed E-state index contributed by atoms with van der Waals surface area (Å²) in [6.45, 7) is 4.39. The predicted octanol–water partition coefficient (Wildman–Crippen LogP) is 4.68. The zero-order valence-electron chi connectivity index (χ0n) is 18.0. The molecule has 1 fully saturated rings. The standard InChI is InChI=1S/C24H24N6OS/c1-15-8-11-19(16(2)12-15)22-20(14-29(28-22)17-6-4-3-5-7-17)23(31)25-13-21-26-27-24(32)30(21)18-9-10-18/h3-8,11-12,14,18H,9-10,13H2,1-2H3,(H,25,31)(H,27,32). The van der Waals surface area contributed by atoms with Gasteiger partial charge < -0.3 is 5.32 Å². The summed E-state index contributed by atoms with van der Waals surface area (Å²) in [4.78, 5) is 13.3. The first kappa shape index (κ1) is 20.4. The second-order valence-corrected chi connectivity index (χ2v) is 8.61. The maximum absolute atomic E-state index is 13.3. The number of para-hydroxylation sites is 1. The van der Waals surface area contributed by atoms with Gasteiger partial charge in [-0.3, -0.25) is 14.5 Å². The van der Waals surface area contributed by atoms with Crippen LogP contribution in [-0.4, -0.2) is 30.5 Å². The maximum atomic E-state index is 13.3. The molecule has 5 rings (SSSR count). The van der Waals surface area contributed by atoms with Crippen LogP contribution in [0.5, 0.6) is 0 Å². The van der Waals surface area contributed by atoms with Crippen molar-refractivity contribution < 1.29 is 4.79 Å². The van der Waals surface area contributed by atoms with E-state index in [9.17, 15) is 4.79 Å². The number of aromatic nitrogens is 5. The minimum absolute atomic E-state index is 0.196. The molecule has 32 heavy (non-hydrogen) atoms. The van der Waals surface area contributed by atoms with E-state index >= 15 is 0 Å². The highest BCUT2D eigenvalue weighted by atomic mass is 32.1. The average Bonchev–Trinajstić information content (AvgIpc) is 3.41. The lowest BCUT2D eigenvalue weighted by molar-refractivity contribution is 0.0950. The molecule has 162 valence electrons. The number of rotatable bonds is 6. The number of amides is 1. The van der Waals surface area contributed by atoms with Gasteiger partial charge in [-0.25, -0.2) is 4.68 Å². The molecule has 7 nitrogen and oxygen atoms in total. The average molecular weight is 445 g/mol. The van der Waals surface area contributed by atoms with Crippen molar-refractivity contribution in [2.24, 2.45) is 0 Å². The van der Waals surface area contributed by atoms with Crippen molar-refractivity contribution in [2.45, 2.75) is 39.3 Å². The molecule has 1 saturated carbocycles. The highest BCUT2D eigenvalue weighted by Crippen LogP contribution is 2.35. The Morgan fingerprint density at radius 2 is 1.97 bits per heavy atom. The van der Waals surface area contributed by atoms with Crippen LogP contribution in [0.15, 0.2) is 54.7 Å². The quantitative estimate of drug-likeness (QED) is 0.423. The van der Waals surface area contributed by atoms with Crippen LogP contribution >= 0.6 is 12.2 Å². The van der Waals surface area contributed by atoms with E-state index in [2.05, 4.69) is 28.5 Å². The second kappa shape index (κ2) is 8.20. The van der Waals surface area contributed by atoms with Crippen molar-refractivity contribution in [3.63, 3.8) is 0 Å². The van der Waals surface area contributed by atoms with E-state index in [1.807, 2.05) is 54.0 Å². The molecular formula is C24H24N6OS. The van der Waals surface area contributed by atoms with Crippen molar-refractivity contribution in [2.75, 3.05) is 0 Å². The lowest BCUT2D eigenvalue weighted by Gasteiger charge is -2.09. The Balaban J connectivity index is 1.49. The number of hydrogen-bond acceptors (Lipinski definition) is 4. The Hall–Kier alpha value is -3.52. The van der Waals surface area contributed by atoms with Gasteiger partial charge in [0.15, 0.2) is 10.6 Å². The molecule has 0 spiro atoms. The Morgan fingerprint density at radius 1 is 1.19 bits per heavy atom. The van der Waals surface area contributed by atoms with Crippen LogP contribution < -0.4 is 5.32 Å². The van der Waals surface area contributed by atoms with E-state index in [1.54, 1.807) is 10.9 Å². The van der Waals surface area contributed by atoms with Gasteiger partial charge >= 0.3 is 0 Å². The molecule has 0 aliphatic heterocycles. The summed E-state index contributed by atoms with van der Waals surface area (Å²) in [6, 6.07) is 16.4. The number of H-pyrrole nitrogens is 1. The molecule has 2 aromatic heterocycles. The summed E-state index contributed by atoms with van der Waals surface area (Å²) >= 11 is 5.35. The molecule has 0 radical (unpaired) electrons. The molecule has 0 unspecified atom stereocenters. The van der Waals surface area contributed by atoms with Crippen molar-refractivity contribution in [1.29, 1.82) is 0 Å². The van der Waals surface area contributed by atoms with Crippen molar-refractivity contribution in [3.8, 4) is 16.9 Å². The number of benzene rings is 2. The molecule has 0 atom stereocenters. The van der Waals surface area contributed by atoms with Gasteiger partial charge in [-0.05, 0) is 56.6 Å². The fourth-order valence-electron chi connectivity index (χ4n) is 3.96. The summed E-state index contributed by atoms with van der Waals surface area (Å²) in [6.07, 6.45) is 3.97. The maximum Gasteiger partial charge on any atom is 0.255 e. The highest BCUT2D eigenvalue weighted by molar-refractivity contribution is 7.71. The number of aromatic amines is 1. The molecule has 2 N–H and O–H groups in total. The van der Waals surface area contributed by atoms with Gasteiger partial charge in [-0.2, -0.15) is 10.2 Å². The first-order chi connectivity index (χ1) is 15.5. The fraction of sp³-hybridized carbons (Fsp3) is 0.250. The molecule has 1 aliphatic carbocycles. The molecule has 1 aliphatic rings. The molecule has 4 aromatic rings. The van der Waals surface area contributed by atoms with Crippen molar-refractivity contribution in [3.05, 3.63) is 82.0 Å². The zero-order chi connectivity index (χ0) is 22.2. The van der Waals surface area contributed by atoms with E-state index in [0.29, 0.717) is 28.6 Å². The molecule has 2 heterocycles. The molecule has 0 bridgehead atoms. The van der Waals surface area contributed by atoms with Gasteiger partial charge in [-0.1, -0.05) is 42.0 Å². The third-order valence-corrected chi connectivity index (χ3v) is 6.00. The van der Waals surface area contributed by atoms with Crippen LogP contribution in [0.3, 0.4) is 0 Å². The van der Waals surface area contributed by atoms with Crippen LogP contribution in [-0.2, 0) is 6.54 Å². The number of carbonyl (C=O) groups excluding carboxylic acids is 1. The summed E-state index contributed by atoms with van der Waals surface area (Å²) in [7, 11) is 0. The summed E-state index contributed by atoms with van der Waals surface area (Å²) < 4.78 is 4.36. The minimum Gasteiger partial charge on any atom is -0.345 e. The molecular weight excluding hydrogens is 420 g/mol. The van der Waals surface area contributed by atoms with Crippen molar-refractivity contribution in [1.82, 2.24) is 29.9 Å². The lowest BCUT2D eigenvalue weighted by Crippen LogP contribution is -2.25. The third kappa shape index (κ3) is 3.89. The first-order valence-electron chi connectivity index (χ1n) is 10.7. The minimum atomic E-state index is -0.196. The van der Waals surface area contributed by atoms with Gasteiger partial charge in [-0.15, -0.1) is 0 Å². The Kier molecular flexibility index (Phi) is 5.22. The summed E-state index contributed by atoms with van der Waals surface area (Å²) in [5, 5.41) is 15.0. The highest BCUT2D eigenvalue weighted by Gasteiger charge is 2.27. The molecule has 1 amide bonds. The van der Waals surface area contributed by atoms with Crippen LogP contribution in [0.1, 0.15) is 46.2 Å². The topological polar surface area (TPSA) is 80.5 Å². The van der Waals surface area contributed by atoms with Gasteiger partial charge in [0.25, 0.3) is 5.91 Å². The number of nitrogens with zero attached hydrogens (tertiary/aromatic N) is 4. The predicted molar refractivity (Wildman–Crippen MR) is 125 cm³/mol. The number of hydrogen-bond donors (Lipinski definition) is 2. The van der Waals surface area contributed by atoms with Gasteiger partial charge in [0.1, 0.15) is 5.69 Å². The smallest absolute Gasteiger partial charge is 0.255 e. The zero-order valence-corrected chi connectivity index (χ0v) is 18.8. The number of carbonyl (C=O) groups is 1. The van der Waals surface area contributed by atoms with Crippen LogP contribution in [0, 0.1) is 18.6 Å². The Morgan fingerprint density at radius 3 is 2.69 bits per heavy atom. The van der Waals surface area contributed by atoms with E-state index < -0.39 is 0 Å². The van der Waals surface area contributed by atoms with E-state index in [-0.39, 0.29) is 5.91 Å². The van der Waals surface area contributed by atoms with Gasteiger partial charge in [0.05, 0.1) is 17.8 Å².